The van der Waals surface area contributed by atoms with Gasteiger partial charge in [-0.25, -0.2) is 8.42 Å². The molecule has 126 valence electrons. The van der Waals surface area contributed by atoms with E-state index < -0.39 is 10.0 Å². The topological polar surface area (TPSA) is 71.0 Å². The largest absolute Gasteiger partial charge is 0.346 e. The Hall–Kier alpha value is -1.60. The Kier molecular flexibility index (Phi) is 4.10. The van der Waals surface area contributed by atoms with Crippen LogP contribution in [0, 0.1) is 27.7 Å². The maximum absolute atomic E-state index is 12.9. The van der Waals surface area contributed by atoms with Gasteiger partial charge in [0.05, 0.1) is 11.4 Å². The van der Waals surface area contributed by atoms with Gasteiger partial charge in [0.2, 0.25) is 10.0 Å². The van der Waals surface area contributed by atoms with Crippen molar-refractivity contribution in [1.29, 1.82) is 0 Å². The minimum Gasteiger partial charge on any atom is -0.346 e. The Morgan fingerprint density at radius 2 is 1.65 bits per heavy atom. The van der Waals surface area contributed by atoms with E-state index in [9.17, 15) is 8.42 Å². The molecule has 1 N–H and O–H groups in total. The van der Waals surface area contributed by atoms with Crippen molar-refractivity contribution in [2.45, 2.75) is 51.5 Å². The van der Waals surface area contributed by atoms with Crippen LogP contribution in [0.15, 0.2) is 17.0 Å². The minimum absolute atomic E-state index is 0.337. The highest BCUT2D eigenvalue weighted by atomic mass is 32.2. The van der Waals surface area contributed by atoms with Crippen molar-refractivity contribution in [2.24, 2.45) is 0 Å². The average Bonchev–Trinajstić information content (AvgIpc) is 3.02. The summed E-state index contributed by atoms with van der Waals surface area (Å²) in [7, 11) is -3.46. The zero-order valence-corrected chi connectivity index (χ0v) is 14.9. The molecule has 23 heavy (non-hydrogen) atoms. The number of piperidine rings is 1. The molecule has 1 fully saturated rings. The number of sulfonamides is 1. The summed E-state index contributed by atoms with van der Waals surface area (Å²) in [4.78, 5) is 0.337. The van der Waals surface area contributed by atoms with Gasteiger partial charge in [-0.05, 0) is 52.7 Å². The fourth-order valence-corrected chi connectivity index (χ4v) is 5.45. The maximum Gasteiger partial charge on any atom is 0.246 e. The second-order valence-corrected chi connectivity index (χ2v) is 8.26. The number of rotatable bonds is 3. The summed E-state index contributed by atoms with van der Waals surface area (Å²) in [6.45, 7) is 8.80. The van der Waals surface area contributed by atoms with Crippen molar-refractivity contribution < 1.29 is 8.42 Å². The molecular formula is C16H24N4O2S. The van der Waals surface area contributed by atoms with Gasteiger partial charge in [-0.3, -0.25) is 5.10 Å². The maximum atomic E-state index is 12.9. The van der Waals surface area contributed by atoms with Crippen LogP contribution in [-0.4, -0.2) is 40.6 Å². The first-order valence-corrected chi connectivity index (χ1v) is 9.42. The number of H-pyrrole nitrogens is 1. The predicted octanol–water partition coefficient (Wildman–Crippen LogP) is 2.47. The highest BCUT2D eigenvalue weighted by Crippen LogP contribution is 2.30. The van der Waals surface area contributed by atoms with E-state index in [1.54, 1.807) is 18.2 Å². The lowest BCUT2D eigenvalue weighted by Crippen LogP contribution is -2.39. The molecule has 1 aliphatic heterocycles. The number of aryl methyl sites for hydroxylation is 4. The summed E-state index contributed by atoms with van der Waals surface area (Å²) >= 11 is 0. The first-order valence-electron chi connectivity index (χ1n) is 7.98. The number of hydrogen-bond acceptors (Lipinski definition) is 3. The zero-order chi connectivity index (χ0) is 16.8. The quantitative estimate of drug-likeness (QED) is 0.936. The SMILES string of the molecule is Cc1n[nH]c(C)c1S(=O)(=O)N1CCC(n2c(C)ccc2C)CC1. The standard InChI is InChI=1S/C16H24N4O2S/c1-11-5-6-12(2)20(11)15-7-9-19(10-8-15)23(21,22)16-13(3)17-18-14(16)4/h5-6,15H,7-10H2,1-4H3,(H,17,18). The normalized spacial score (nSPS) is 17.7. The molecule has 2 aromatic rings. The zero-order valence-electron chi connectivity index (χ0n) is 14.1. The van der Waals surface area contributed by atoms with Crippen LogP contribution >= 0.6 is 0 Å². The molecule has 0 aromatic carbocycles. The molecule has 0 aliphatic carbocycles. The molecule has 3 heterocycles. The predicted molar refractivity (Wildman–Crippen MR) is 89.0 cm³/mol. The van der Waals surface area contributed by atoms with Crippen LogP contribution in [0.4, 0.5) is 0 Å². The number of aromatic amines is 1. The molecule has 1 aliphatic rings. The summed E-state index contributed by atoms with van der Waals surface area (Å²) < 4.78 is 29.7. The van der Waals surface area contributed by atoms with Crippen molar-refractivity contribution in [3.63, 3.8) is 0 Å². The molecule has 0 atom stereocenters. The fraction of sp³-hybridized carbons (Fsp3) is 0.562. The lowest BCUT2D eigenvalue weighted by atomic mass is 10.1. The van der Waals surface area contributed by atoms with E-state index in [4.69, 9.17) is 0 Å². The van der Waals surface area contributed by atoms with Crippen molar-refractivity contribution in [2.75, 3.05) is 13.1 Å². The Labute approximate surface area is 137 Å². The first-order chi connectivity index (χ1) is 10.8. The Balaban J connectivity index is 1.79. The number of hydrogen-bond donors (Lipinski definition) is 1. The van der Waals surface area contributed by atoms with Crippen molar-refractivity contribution in [3.05, 3.63) is 34.9 Å². The van der Waals surface area contributed by atoms with E-state index in [1.165, 1.54) is 11.4 Å². The second-order valence-electron chi connectivity index (χ2n) is 6.38. The second kappa shape index (κ2) is 5.79. The molecule has 0 bridgehead atoms. The molecule has 0 amide bonds. The van der Waals surface area contributed by atoms with Gasteiger partial charge in [0.15, 0.2) is 0 Å². The summed E-state index contributed by atoms with van der Waals surface area (Å²) in [6, 6.07) is 4.62. The van der Waals surface area contributed by atoms with Crippen LogP contribution in [0.3, 0.4) is 0 Å². The third-order valence-corrected chi connectivity index (χ3v) is 6.94. The van der Waals surface area contributed by atoms with Crippen LogP contribution in [0.1, 0.15) is 41.7 Å². The van der Waals surface area contributed by atoms with Crippen molar-refractivity contribution in [3.8, 4) is 0 Å². The van der Waals surface area contributed by atoms with E-state index in [2.05, 4.69) is 40.7 Å². The van der Waals surface area contributed by atoms with E-state index in [0.29, 0.717) is 35.4 Å². The summed E-state index contributed by atoms with van der Waals surface area (Å²) in [5.41, 5.74) is 3.64. The molecule has 0 saturated carbocycles. The monoisotopic (exact) mass is 336 g/mol. The first kappa shape index (κ1) is 16.3. The summed E-state index contributed by atoms with van der Waals surface area (Å²) in [5, 5.41) is 6.79. The van der Waals surface area contributed by atoms with Crippen LogP contribution in [0.2, 0.25) is 0 Å². The fourth-order valence-electron chi connectivity index (χ4n) is 3.65. The molecule has 1 saturated heterocycles. The van der Waals surface area contributed by atoms with Crippen molar-refractivity contribution >= 4 is 10.0 Å². The van der Waals surface area contributed by atoms with Gasteiger partial charge in [0, 0.05) is 30.5 Å². The molecule has 0 unspecified atom stereocenters. The van der Waals surface area contributed by atoms with Crippen LogP contribution in [0.5, 0.6) is 0 Å². The Bertz CT molecular complexity index is 772. The van der Waals surface area contributed by atoms with E-state index >= 15 is 0 Å². The van der Waals surface area contributed by atoms with E-state index in [1.807, 2.05) is 0 Å². The van der Waals surface area contributed by atoms with Gasteiger partial charge in [0.1, 0.15) is 4.90 Å². The Morgan fingerprint density at radius 1 is 1.09 bits per heavy atom. The van der Waals surface area contributed by atoms with Gasteiger partial charge < -0.3 is 4.57 Å². The number of nitrogens with one attached hydrogen (secondary N) is 1. The lowest BCUT2D eigenvalue weighted by molar-refractivity contribution is 0.270. The third kappa shape index (κ3) is 2.72. The smallest absolute Gasteiger partial charge is 0.246 e. The highest BCUT2D eigenvalue weighted by molar-refractivity contribution is 7.89. The molecule has 6 nitrogen and oxygen atoms in total. The highest BCUT2D eigenvalue weighted by Gasteiger charge is 2.33. The minimum atomic E-state index is -3.46. The summed E-state index contributed by atoms with van der Waals surface area (Å²) in [5.74, 6) is 0. The molecule has 0 spiro atoms. The van der Waals surface area contributed by atoms with Crippen molar-refractivity contribution in [1.82, 2.24) is 19.1 Å². The van der Waals surface area contributed by atoms with Gasteiger partial charge in [-0.15, -0.1) is 0 Å². The third-order valence-electron chi connectivity index (χ3n) is 4.77. The molecule has 3 rings (SSSR count). The number of nitrogens with zero attached hydrogens (tertiary/aromatic N) is 3. The van der Waals surface area contributed by atoms with Gasteiger partial charge >= 0.3 is 0 Å². The molecule has 2 aromatic heterocycles. The van der Waals surface area contributed by atoms with Gasteiger partial charge in [-0.2, -0.15) is 9.40 Å². The average molecular weight is 336 g/mol. The van der Waals surface area contributed by atoms with E-state index in [0.717, 1.165) is 12.8 Å². The molecular weight excluding hydrogens is 312 g/mol. The van der Waals surface area contributed by atoms with Gasteiger partial charge in [0.25, 0.3) is 0 Å². The van der Waals surface area contributed by atoms with E-state index in [-0.39, 0.29) is 0 Å². The van der Waals surface area contributed by atoms with Crippen LogP contribution < -0.4 is 0 Å². The number of aromatic nitrogens is 3. The Morgan fingerprint density at radius 3 is 2.13 bits per heavy atom. The summed E-state index contributed by atoms with van der Waals surface area (Å²) in [6.07, 6.45) is 1.68. The molecule has 0 radical (unpaired) electrons. The van der Waals surface area contributed by atoms with Crippen LogP contribution in [0.25, 0.3) is 0 Å². The van der Waals surface area contributed by atoms with Crippen LogP contribution in [-0.2, 0) is 10.0 Å². The van der Waals surface area contributed by atoms with Gasteiger partial charge in [-0.1, -0.05) is 0 Å². The molecule has 7 heteroatoms. The lowest BCUT2D eigenvalue weighted by Gasteiger charge is -2.33.